The average Bonchev–Trinajstić information content (AvgIpc) is 2.71. The van der Waals surface area contributed by atoms with Gasteiger partial charge in [0.15, 0.2) is 11.4 Å². The fourth-order valence-electron chi connectivity index (χ4n) is 5.72. The van der Waals surface area contributed by atoms with Crippen molar-refractivity contribution in [2.24, 2.45) is 0 Å². The lowest BCUT2D eigenvalue weighted by molar-refractivity contribution is -0.903. The zero-order valence-corrected chi connectivity index (χ0v) is 16.5. The summed E-state index contributed by atoms with van der Waals surface area (Å²) in [6.45, 7) is 2.28. The standard InChI is InChI=1S/C21H32N2O2/c1-22(2)12-11-21-10-9-16(24-5)13-18(21)23(3,4)20-17(25-6)8-7-15(14-22)19(20)21/h7-10,16,18H,11-14H2,1-6H3/q+2/t16-,18-,21-/m0/s1. The molecule has 3 atom stereocenters. The Kier molecular flexibility index (Phi) is 3.63. The Hall–Kier alpha value is -1.36. The predicted octanol–water partition coefficient (Wildman–Crippen LogP) is 2.84. The van der Waals surface area contributed by atoms with Gasteiger partial charge < -0.3 is 14.0 Å². The lowest BCUT2D eigenvalue weighted by Crippen LogP contribution is -2.57. The zero-order chi connectivity index (χ0) is 18.0. The summed E-state index contributed by atoms with van der Waals surface area (Å²) in [7, 11) is 13.0. The molecule has 0 saturated carbocycles. The van der Waals surface area contributed by atoms with Crippen LogP contribution in [0.1, 0.15) is 24.0 Å². The molecule has 2 aliphatic heterocycles. The highest BCUT2D eigenvalue weighted by Gasteiger charge is 2.62. The molecule has 136 valence electrons. The van der Waals surface area contributed by atoms with Gasteiger partial charge in [0.1, 0.15) is 12.6 Å². The maximum absolute atomic E-state index is 5.84. The van der Waals surface area contributed by atoms with E-state index >= 15 is 0 Å². The number of ether oxygens (including phenoxy) is 2. The van der Waals surface area contributed by atoms with Crippen LogP contribution in [0, 0.1) is 0 Å². The molecule has 0 saturated heterocycles. The van der Waals surface area contributed by atoms with Crippen LogP contribution in [0.3, 0.4) is 0 Å². The topological polar surface area (TPSA) is 18.5 Å². The quantitative estimate of drug-likeness (QED) is 0.607. The molecule has 0 N–H and O–H groups in total. The largest absolute Gasteiger partial charge is 0.491 e. The molecule has 2 heterocycles. The van der Waals surface area contributed by atoms with Gasteiger partial charge in [-0.25, -0.2) is 0 Å². The fourth-order valence-corrected chi connectivity index (χ4v) is 5.72. The fraction of sp³-hybridized carbons (Fsp3) is 0.619. The number of likely N-dealkylation sites (N-methyl/N-ethyl adjacent to an activating group) is 1. The van der Waals surface area contributed by atoms with Crippen molar-refractivity contribution in [2.45, 2.75) is 36.9 Å². The Morgan fingerprint density at radius 3 is 2.56 bits per heavy atom. The lowest BCUT2D eigenvalue weighted by Gasteiger charge is -2.43. The molecule has 0 bridgehead atoms. The van der Waals surface area contributed by atoms with Crippen molar-refractivity contribution in [2.75, 3.05) is 49.0 Å². The van der Waals surface area contributed by atoms with Crippen LogP contribution in [0.5, 0.6) is 5.75 Å². The van der Waals surface area contributed by atoms with Crippen molar-refractivity contribution < 1.29 is 14.0 Å². The summed E-state index contributed by atoms with van der Waals surface area (Å²) >= 11 is 0. The van der Waals surface area contributed by atoms with Crippen LogP contribution in [0.15, 0.2) is 24.3 Å². The van der Waals surface area contributed by atoms with Crippen molar-refractivity contribution >= 4 is 5.69 Å². The van der Waals surface area contributed by atoms with Gasteiger partial charge in [-0.1, -0.05) is 12.2 Å². The van der Waals surface area contributed by atoms with E-state index < -0.39 is 0 Å². The molecule has 25 heavy (non-hydrogen) atoms. The summed E-state index contributed by atoms with van der Waals surface area (Å²) in [5.74, 6) is 1.03. The van der Waals surface area contributed by atoms with Crippen LogP contribution in [0.2, 0.25) is 0 Å². The Labute approximate surface area is 151 Å². The summed E-state index contributed by atoms with van der Waals surface area (Å²) in [4.78, 5) is 0. The summed E-state index contributed by atoms with van der Waals surface area (Å²) in [5, 5.41) is 0. The number of hydrogen-bond acceptors (Lipinski definition) is 2. The van der Waals surface area contributed by atoms with Crippen molar-refractivity contribution in [1.82, 2.24) is 4.48 Å². The molecule has 3 aliphatic rings. The molecular weight excluding hydrogens is 312 g/mol. The number of hydrogen-bond donors (Lipinski definition) is 0. The van der Waals surface area contributed by atoms with Gasteiger partial charge in [-0.2, -0.15) is 0 Å². The van der Waals surface area contributed by atoms with E-state index in [9.17, 15) is 0 Å². The van der Waals surface area contributed by atoms with Crippen LogP contribution < -0.4 is 9.22 Å². The second-order valence-corrected chi connectivity index (χ2v) is 9.18. The smallest absolute Gasteiger partial charge is 0.180 e. The third-order valence-corrected chi connectivity index (χ3v) is 6.96. The highest BCUT2D eigenvalue weighted by atomic mass is 16.5. The van der Waals surface area contributed by atoms with E-state index in [1.807, 2.05) is 7.11 Å². The first-order chi connectivity index (χ1) is 11.7. The van der Waals surface area contributed by atoms with E-state index in [2.05, 4.69) is 52.5 Å². The van der Waals surface area contributed by atoms with Gasteiger partial charge in [0, 0.05) is 31.1 Å². The van der Waals surface area contributed by atoms with Gasteiger partial charge >= 0.3 is 0 Å². The normalized spacial score (nSPS) is 34.2. The number of quaternary nitrogens is 2. The second-order valence-electron chi connectivity index (χ2n) is 9.18. The van der Waals surface area contributed by atoms with Crippen molar-refractivity contribution in [1.29, 1.82) is 0 Å². The molecule has 1 aliphatic carbocycles. The third kappa shape index (κ3) is 2.24. The lowest BCUT2D eigenvalue weighted by atomic mass is 9.68. The molecule has 4 heteroatoms. The first-order valence-electron chi connectivity index (χ1n) is 9.34. The third-order valence-electron chi connectivity index (χ3n) is 6.96. The van der Waals surface area contributed by atoms with Crippen molar-refractivity contribution in [3.05, 3.63) is 35.4 Å². The molecule has 0 radical (unpaired) electrons. The Balaban J connectivity index is 2.02. The molecule has 1 aromatic rings. The van der Waals surface area contributed by atoms with Crippen LogP contribution in [0.25, 0.3) is 0 Å². The molecule has 0 amide bonds. The molecule has 1 aromatic carbocycles. The van der Waals surface area contributed by atoms with Crippen LogP contribution in [-0.2, 0) is 16.7 Å². The molecule has 0 aromatic heterocycles. The van der Waals surface area contributed by atoms with Crippen LogP contribution >= 0.6 is 0 Å². The Morgan fingerprint density at radius 2 is 1.88 bits per heavy atom. The average molecular weight is 344 g/mol. The van der Waals surface area contributed by atoms with Crippen LogP contribution in [0.4, 0.5) is 5.69 Å². The van der Waals surface area contributed by atoms with E-state index in [-0.39, 0.29) is 11.5 Å². The summed E-state index contributed by atoms with van der Waals surface area (Å²) < 4.78 is 13.5. The molecular formula is C21H32N2O2+2. The van der Waals surface area contributed by atoms with Gasteiger partial charge in [0.25, 0.3) is 0 Å². The van der Waals surface area contributed by atoms with E-state index in [1.165, 1.54) is 29.8 Å². The Bertz CT molecular complexity index is 738. The van der Waals surface area contributed by atoms with E-state index in [1.54, 1.807) is 7.11 Å². The van der Waals surface area contributed by atoms with Crippen LogP contribution in [-0.4, -0.2) is 65.6 Å². The minimum atomic E-state index is 0.101. The van der Waals surface area contributed by atoms with E-state index in [0.29, 0.717) is 6.04 Å². The minimum Gasteiger partial charge on any atom is -0.491 e. The van der Waals surface area contributed by atoms with Gasteiger partial charge in [-0.05, 0) is 12.1 Å². The Morgan fingerprint density at radius 1 is 1.12 bits per heavy atom. The number of methoxy groups -OCH3 is 2. The second kappa shape index (κ2) is 5.32. The number of nitrogens with zero attached hydrogens (tertiary/aromatic N) is 2. The minimum absolute atomic E-state index is 0.101. The van der Waals surface area contributed by atoms with E-state index in [4.69, 9.17) is 9.47 Å². The monoisotopic (exact) mass is 344 g/mol. The van der Waals surface area contributed by atoms with Crippen molar-refractivity contribution in [3.63, 3.8) is 0 Å². The first-order valence-corrected chi connectivity index (χ1v) is 9.34. The number of benzene rings is 1. The van der Waals surface area contributed by atoms with Gasteiger partial charge in [-0.15, -0.1) is 0 Å². The maximum atomic E-state index is 5.84. The summed E-state index contributed by atoms with van der Waals surface area (Å²) in [6, 6.07) is 4.98. The number of rotatable bonds is 2. The molecule has 0 unspecified atom stereocenters. The first kappa shape index (κ1) is 17.1. The molecule has 4 nitrogen and oxygen atoms in total. The highest BCUT2D eigenvalue weighted by Crippen LogP contribution is 2.59. The summed E-state index contributed by atoms with van der Waals surface area (Å²) in [6.07, 6.45) is 7.25. The highest BCUT2D eigenvalue weighted by molar-refractivity contribution is 5.73. The molecule has 1 spiro atoms. The maximum Gasteiger partial charge on any atom is 0.180 e. The molecule has 0 fully saturated rings. The van der Waals surface area contributed by atoms with Gasteiger partial charge in [0.05, 0.1) is 53.4 Å². The zero-order valence-electron chi connectivity index (χ0n) is 16.5. The van der Waals surface area contributed by atoms with E-state index in [0.717, 1.165) is 27.7 Å². The van der Waals surface area contributed by atoms with Gasteiger partial charge in [0.2, 0.25) is 0 Å². The SMILES string of the molecule is COc1ccc2c3c1[N+](C)(C)[C@H]1C[C@@H](OC)C=C[C@@]31CC[N+](C)(C)C2. The summed E-state index contributed by atoms with van der Waals surface area (Å²) in [5.41, 5.74) is 4.51. The predicted molar refractivity (Wildman–Crippen MR) is 102 cm³/mol. The van der Waals surface area contributed by atoms with Crippen molar-refractivity contribution in [3.8, 4) is 5.75 Å². The van der Waals surface area contributed by atoms with Gasteiger partial charge in [-0.3, -0.25) is 4.48 Å². The molecule has 4 rings (SSSR count).